The number of halogens is 2. The van der Waals surface area contributed by atoms with Gasteiger partial charge in [0, 0.05) is 32.2 Å². The number of alkyl halides is 1. The molecule has 1 aliphatic heterocycles. The van der Waals surface area contributed by atoms with E-state index < -0.39 is 0 Å². The zero-order valence-electron chi connectivity index (χ0n) is 10.3. The maximum atomic E-state index is 6.03. The molecule has 1 saturated heterocycles. The predicted octanol–water partition coefficient (Wildman–Crippen LogP) is 2.76. The van der Waals surface area contributed by atoms with Crippen LogP contribution in [0.15, 0.2) is 12.1 Å². The molecule has 2 aliphatic rings. The first kappa shape index (κ1) is 12.5. The summed E-state index contributed by atoms with van der Waals surface area (Å²) in [7, 11) is 0. The van der Waals surface area contributed by atoms with Crippen LogP contribution in [-0.4, -0.2) is 42.1 Å². The molecule has 0 radical (unpaired) electrons. The molecule has 1 aromatic rings. The molecule has 0 bridgehead atoms. The molecule has 0 amide bonds. The maximum absolute atomic E-state index is 6.03. The molecule has 1 aliphatic carbocycles. The van der Waals surface area contributed by atoms with Crippen molar-refractivity contribution in [2.75, 3.05) is 31.1 Å². The summed E-state index contributed by atoms with van der Waals surface area (Å²) in [6.07, 6.45) is 2.77. The number of piperazine rings is 1. The minimum atomic E-state index is 0.370. The number of nitrogens with zero attached hydrogens (tertiary/aromatic N) is 3. The fourth-order valence-corrected chi connectivity index (χ4v) is 2.94. The second kappa shape index (κ2) is 5.24. The van der Waals surface area contributed by atoms with Crippen LogP contribution < -0.4 is 4.90 Å². The Bertz CT molecular complexity index is 426. The Hall–Kier alpha value is -0.510. The molecular weight excluding hydrogens is 269 g/mol. The first-order valence-corrected chi connectivity index (χ1v) is 7.39. The lowest BCUT2D eigenvalue weighted by molar-refractivity contribution is 0.247. The second-order valence-corrected chi connectivity index (χ2v) is 5.66. The standard InChI is InChI=1S/C13H17Cl2N3/c14-9-12-11(15)3-4-13(16-12)18-7-5-17(6-8-18)10-1-2-10/h3-4,10H,1-2,5-9H2. The Morgan fingerprint density at radius 3 is 2.50 bits per heavy atom. The van der Waals surface area contributed by atoms with Crippen molar-refractivity contribution in [2.24, 2.45) is 0 Å². The molecular formula is C13H17Cl2N3. The lowest BCUT2D eigenvalue weighted by Gasteiger charge is -2.35. The molecule has 1 aromatic heterocycles. The Morgan fingerprint density at radius 2 is 1.89 bits per heavy atom. The lowest BCUT2D eigenvalue weighted by atomic mass is 10.3. The lowest BCUT2D eigenvalue weighted by Crippen LogP contribution is -2.47. The Balaban J connectivity index is 1.67. The molecule has 3 rings (SSSR count). The van der Waals surface area contributed by atoms with E-state index in [4.69, 9.17) is 23.2 Å². The molecule has 18 heavy (non-hydrogen) atoms. The van der Waals surface area contributed by atoms with Gasteiger partial charge >= 0.3 is 0 Å². The van der Waals surface area contributed by atoms with Crippen LogP contribution in [0.4, 0.5) is 5.82 Å². The van der Waals surface area contributed by atoms with Gasteiger partial charge in [-0.15, -0.1) is 11.6 Å². The third-order valence-corrected chi connectivity index (χ3v) is 4.33. The molecule has 1 saturated carbocycles. The highest BCUT2D eigenvalue weighted by Crippen LogP contribution is 2.28. The van der Waals surface area contributed by atoms with Gasteiger partial charge in [-0.3, -0.25) is 4.90 Å². The largest absolute Gasteiger partial charge is 0.354 e. The normalized spacial score (nSPS) is 21.3. The minimum Gasteiger partial charge on any atom is -0.354 e. The summed E-state index contributed by atoms with van der Waals surface area (Å²) >= 11 is 11.9. The molecule has 0 spiro atoms. The van der Waals surface area contributed by atoms with Gasteiger partial charge in [0.05, 0.1) is 16.6 Å². The second-order valence-electron chi connectivity index (χ2n) is 4.99. The van der Waals surface area contributed by atoms with Crippen molar-refractivity contribution < 1.29 is 0 Å². The summed E-state index contributed by atoms with van der Waals surface area (Å²) < 4.78 is 0. The van der Waals surface area contributed by atoms with Gasteiger partial charge in [0.25, 0.3) is 0 Å². The van der Waals surface area contributed by atoms with Crippen LogP contribution in [0.3, 0.4) is 0 Å². The predicted molar refractivity (Wildman–Crippen MR) is 75.6 cm³/mol. The van der Waals surface area contributed by atoms with Gasteiger partial charge in [0.1, 0.15) is 5.82 Å². The SMILES string of the molecule is ClCc1nc(N2CCN(C3CC3)CC2)ccc1Cl. The van der Waals surface area contributed by atoms with Crippen LogP contribution in [0.5, 0.6) is 0 Å². The minimum absolute atomic E-state index is 0.370. The number of aromatic nitrogens is 1. The summed E-state index contributed by atoms with van der Waals surface area (Å²) in [5, 5.41) is 0.658. The number of rotatable bonds is 3. The van der Waals surface area contributed by atoms with E-state index in [0.29, 0.717) is 10.9 Å². The van der Waals surface area contributed by atoms with Crippen LogP contribution in [-0.2, 0) is 5.88 Å². The topological polar surface area (TPSA) is 19.4 Å². The van der Waals surface area contributed by atoms with Gasteiger partial charge in [-0.2, -0.15) is 0 Å². The molecule has 0 unspecified atom stereocenters. The fourth-order valence-electron chi connectivity index (χ4n) is 2.50. The van der Waals surface area contributed by atoms with Gasteiger partial charge in [0.2, 0.25) is 0 Å². The van der Waals surface area contributed by atoms with Gasteiger partial charge < -0.3 is 4.90 Å². The van der Waals surface area contributed by atoms with E-state index >= 15 is 0 Å². The molecule has 98 valence electrons. The van der Waals surface area contributed by atoms with Crippen molar-refractivity contribution >= 4 is 29.0 Å². The van der Waals surface area contributed by atoms with E-state index in [9.17, 15) is 0 Å². The number of hydrogen-bond acceptors (Lipinski definition) is 3. The highest BCUT2D eigenvalue weighted by molar-refractivity contribution is 6.32. The van der Waals surface area contributed by atoms with Crippen LogP contribution in [0.25, 0.3) is 0 Å². The highest BCUT2D eigenvalue weighted by atomic mass is 35.5. The smallest absolute Gasteiger partial charge is 0.129 e. The van der Waals surface area contributed by atoms with E-state index in [1.807, 2.05) is 12.1 Å². The summed E-state index contributed by atoms with van der Waals surface area (Å²) in [6, 6.07) is 4.75. The quantitative estimate of drug-likeness (QED) is 0.796. The summed E-state index contributed by atoms with van der Waals surface area (Å²) in [6.45, 7) is 4.38. The highest BCUT2D eigenvalue weighted by Gasteiger charge is 2.31. The molecule has 2 fully saturated rings. The van der Waals surface area contributed by atoms with Gasteiger partial charge in [-0.05, 0) is 25.0 Å². The molecule has 2 heterocycles. The number of anilines is 1. The van der Waals surface area contributed by atoms with Crippen molar-refractivity contribution in [3.8, 4) is 0 Å². The van der Waals surface area contributed by atoms with Gasteiger partial charge in [-0.1, -0.05) is 11.6 Å². The van der Waals surface area contributed by atoms with Crippen molar-refractivity contribution in [2.45, 2.75) is 24.8 Å². The number of hydrogen-bond donors (Lipinski definition) is 0. The van der Waals surface area contributed by atoms with Crippen molar-refractivity contribution in [3.63, 3.8) is 0 Å². The van der Waals surface area contributed by atoms with Crippen molar-refractivity contribution in [3.05, 3.63) is 22.8 Å². The Kier molecular flexibility index (Phi) is 3.64. The monoisotopic (exact) mass is 285 g/mol. The van der Waals surface area contributed by atoms with Crippen LogP contribution in [0, 0.1) is 0 Å². The third-order valence-electron chi connectivity index (χ3n) is 3.73. The summed E-state index contributed by atoms with van der Waals surface area (Å²) in [5.41, 5.74) is 0.778. The van der Waals surface area contributed by atoms with E-state index in [-0.39, 0.29) is 0 Å². The van der Waals surface area contributed by atoms with Crippen LogP contribution in [0.2, 0.25) is 5.02 Å². The third kappa shape index (κ3) is 2.58. The summed E-state index contributed by atoms with van der Waals surface area (Å²) in [4.78, 5) is 9.46. The Labute approximate surface area is 118 Å². The first-order valence-electron chi connectivity index (χ1n) is 6.48. The molecule has 5 heteroatoms. The van der Waals surface area contributed by atoms with Crippen molar-refractivity contribution in [1.82, 2.24) is 9.88 Å². The zero-order chi connectivity index (χ0) is 12.5. The fraction of sp³-hybridized carbons (Fsp3) is 0.615. The van der Waals surface area contributed by atoms with E-state index in [0.717, 1.165) is 43.7 Å². The average molecular weight is 286 g/mol. The maximum Gasteiger partial charge on any atom is 0.129 e. The molecule has 0 aromatic carbocycles. The molecule has 0 N–H and O–H groups in total. The first-order chi connectivity index (χ1) is 8.78. The molecule has 3 nitrogen and oxygen atoms in total. The average Bonchev–Trinajstić information content (AvgIpc) is 3.24. The van der Waals surface area contributed by atoms with E-state index in [1.54, 1.807) is 0 Å². The van der Waals surface area contributed by atoms with Gasteiger partial charge in [0.15, 0.2) is 0 Å². The van der Waals surface area contributed by atoms with E-state index in [2.05, 4.69) is 14.8 Å². The van der Waals surface area contributed by atoms with Crippen molar-refractivity contribution in [1.29, 1.82) is 0 Å². The van der Waals surface area contributed by atoms with Crippen LogP contribution in [0.1, 0.15) is 18.5 Å². The summed E-state index contributed by atoms with van der Waals surface area (Å²) in [5.74, 6) is 1.37. The van der Waals surface area contributed by atoms with Crippen LogP contribution >= 0.6 is 23.2 Å². The van der Waals surface area contributed by atoms with Gasteiger partial charge in [-0.25, -0.2) is 4.98 Å². The Morgan fingerprint density at radius 1 is 1.17 bits per heavy atom. The zero-order valence-corrected chi connectivity index (χ0v) is 11.8. The number of pyridine rings is 1. The van der Waals surface area contributed by atoms with E-state index in [1.165, 1.54) is 12.8 Å². The molecule has 0 atom stereocenters.